The van der Waals surface area contributed by atoms with Crippen LogP contribution in [0.2, 0.25) is 0 Å². The van der Waals surface area contributed by atoms with E-state index in [1.807, 2.05) is 16.9 Å². The lowest BCUT2D eigenvalue weighted by atomic mass is 9.49. The lowest BCUT2D eigenvalue weighted by Crippen LogP contribution is -2.52. The van der Waals surface area contributed by atoms with E-state index in [-0.39, 0.29) is 11.3 Å². The summed E-state index contributed by atoms with van der Waals surface area (Å²) in [5.41, 5.74) is -0.0624. The molecular weight excluding hydrogens is 417 g/mol. The van der Waals surface area contributed by atoms with Crippen molar-refractivity contribution in [3.8, 4) is 0 Å². The molecule has 4 aliphatic carbocycles. The van der Waals surface area contributed by atoms with E-state index in [9.17, 15) is 14.3 Å². The molecule has 2 aromatic heterocycles. The van der Waals surface area contributed by atoms with Gasteiger partial charge in [-0.25, -0.2) is 4.39 Å². The van der Waals surface area contributed by atoms with Crippen molar-refractivity contribution >= 4 is 16.7 Å². The van der Waals surface area contributed by atoms with Crippen LogP contribution in [-0.4, -0.2) is 37.9 Å². The Labute approximate surface area is 195 Å². The van der Waals surface area contributed by atoms with Gasteiger partial charge >= 0.3 is 0 Å². The number of fused-ring (bicyclic) bond motifs is 6. The number of pyridine rings is 1. The zero-order chi connectivity index (χ0) is 22.8. The molecule has 5 nitrogen and oxygen atoms in total. The van der Waals surface area contributed by atoms with Gasteiger partial charge in [-0.1, -0.05) is 6.92 Å². The normalized spacial score (nSPS) is 42.5. The van der Waals surface area contributed by atoms with E-state index in [1.165, 1.54) is 12.8 Å². The van der Waals surface area contributed by atoms with Crippen molar-refractivity contribution in [2.75, 3.05) is 6.67 Å². The number of hydrogen-bond donors (Lipinski definition) is 1. The SMILES string of the molecule is C[C@]12CC[C@H]3[C@@H](CC[C@H]4C[C@@](O)(CF)CC[C@@H]43)[C@@H]1CC[C@@H]2C(=O)Cn1ncc2ccncc21. The molecular formula is C27H36FN3O2. The van der Waals surface area contributed by atoms with Gasteiger partial charge in [0.25, 0.3) is 0 Å². The highest BCUT2D eigenvalue weighted by molar-refractivity contribution is 5.84. The predicted octanol–water partition coefficient (Wildman–Crippen LogP) is 4.97. The molecule has 0 amide bonds. The molecule has 0 unspecified atom stereocenters. The van der Waals surface area contributed by atoms with Crippen LogP contribution in [0, 0.1) is 40.9 Å². The van der Waals surface area contributed by atoms with Crippen LogP contribution in [0.5, 0.6) is 0 Å². The molecule has 1 N–H and O–H groups in total. The van der Waals surface area contributed by atoms with E-state index in [2.05, 4.69) is 17.0 Å². The summed E-state index contributed by atoms with van der Waals surface area (Å²) >= 11 is 0. The number of halogens is 1. The molecule has 2 aromatic rings. The second kappa shape index (κ2) is 7.86. The minimum atomic E-state index is -1.08. The van der Waals surface area contributed by atoms with Crippen molar-refractivity contribution in [2.45, 2.75) is 76.9 Å². The molecule has 4 saturated carbocycles. The summed E-state index contributed by atoms with van der Waals surface area (Å²) in [6.45, 7) is 2.13. The summed E-state index contributed by atoms with van der Waals surface area (Å²) < 4.78 is 15.3. The van der Waals surface area contributed by atoms with Gasteiger partial charge < -0.3 is 5.11 Å². The molecule has 0 bridgehead atoms. The maximum absolute atomic E-state index is 13.6. The number of rotatable bonds is 4. The fourth-order valence-corrected chi connectivity index (χ4v) is 8.91. The average molecular weight is 454 g/mol. The van der Waals surface area contributed by atoms with Crippen LogP contribution in [0.25, 0.3) is 10.9 Å². The highest BCUT2D eigenvalue weighted by Gasteiger charge is 2.59. The number of alkyl halides is 1. The van der Waals surface area contributed by atoms with E-state index < -0.39 is 12.3 Å². The van der Waals surface area contributed by atoms with E-state index in [0.717, 1.165) is 43.0 Å². The maximum atomic E-state index is 13.6. The molecule has 2 heterocycles. The van der Waals surface area contributed by atoms with Gasteiger partial charge in [0, 0.05) is 17.5 Å². The quantitative estimate of drug-likeness (QED) is 0.710. The van der Waals surface area contributed by atoms with Gasteiger partial charge in [-0.05, 0) is 98.9 Å². The first-order valence-electron chi connectivity index (χ1n) is 13.0. The van der Waals surface area contributed by atoms with Crippen molar-refractivity contribution < 1.29 is 14.3 Å². The third-order valence-electron chi connectivity index (χ3n) is 10.5. The highest BCUT2D eigenvalue weighted by atomic mass is 19.1. The third-order valence-corrected chi connectivity index (χ3v) is 10.5. The van der Waals surface area contributed by atoms with Crippen LogP contribution >= 0.6 is 0 Å². The highest BCUT2D eigenvalue weighted by Crippen LogP contribution is 2.64. The van der Waals surface area contributed by atoms with E-state index in [4.69, 9.17) is 0 Å². The summed E-state index contributed by atoms with van der Waals surface area (Å²) in [6.07, 6.45) is 14.4. The Hall–Kier alpha value is -1.82. The maximum Gasteiger partial charge on any atom is 0.157 e. The summed E-state index contributed by atoms with van der Waals surface area (Å²) in [6, 6.07) is 1.94. The van der Waals surface area contributed by atoms with Crippen molar-refractivity contribution in [3.63, 3.8) is 0 Å². The molecule has 6 rings (SSSR count). The van der Waals surface area contributed by atoms with Crippen LogP contribution in [-0.2, 0) is 11.3 Å². The van der Waals surface area contributed by atoms with Crippen LogP contribution in [0.4, 0.5) is 4.39 Å². The first-order valence-corrected chi connectivity index (χ1v) is 13.0. The number of aliphatic hydroxyl groups is 1. The zero-order valence-electron chi connectivity index (χ0n) is 19.6. The molecule has 4 aliphatic rings. The number of nitrogens with zero attached hydrogens (tertiary/aromatic N) is 3. The lowest BCUT2D eigenvalue weighted by molar-refractivity contribution is -0.134. The molecule has 6 heteroatoms. The number of hydrogen-bond acceptors (Lipinski definition) is 4. The molecule has 33 heavy (non-hydrogen) atoms. The minimum Gasteiger partial charge on any atom is -0.387 e. The molecule has 0 spiro atoms. The van der Waals surface area contributed by atoms with Gasteiger partial charge in [-0.3, -0.25) is 14.5 Å². The molecule has 4 fully saturated rings. The largest absolute Gasteiger partial charge is 0.387 e. The minimum absolute atomic E-state index is 0.0840. The summed E-state index contributed by atoms with van der Waals surface area (Å²) in [5.74, 6) is 3.55. The van der Waals surface area contributed by atoms with Crippen LogP contribution < -0.4 is 0 Å². The van der Waals surface area contributed by atoms with Crippen LogP contribution in [0.15, 0.2) is 24.7 Å². The van der Waals surface area contributed by atoms with Gasteiger partial charge in [0.05, 0.1) is 23.5 Å². The Bertz CT molecular complexity index is 1050. The first kappa shape index (κ1) is 21.7. The lowest BCUT2D eigenvalue weighted by Gasteiger charge is -2.56. The molecule has 0 aliphatic heterocycles. The second-order valence-electron chi connectivity index (χ2n) is 11.9. The third kappa shape index (κ3) is 3.38. The van der Waals surface area contributed by atoms with Gasteiger partial charge in [0.1, 0.15) is 13.2 Å². The smallest absolute Gasteiger partial charge is 0.157 e. The Morgan fingerprint density at radius 3 is 2.82 bits per heavy atom. The average Bonchev–Trinajstić information content (AvgIpc) is 3.39. The van der Waals surface area contributed by atoms with Gasteiger partial charge in [-0.2, -0.15) is 5.10 Å². The number of carbonyl (C=O) groups excluding carboxylic acids is 1. The van der Waals surface area contributed by atoms with Crippen LogP contribution in [0.3, 0.4) is 0 Å². The van der Waals surface area contributed by atoms with Gasteiger partial charge in [0.15, 0.2) is 5.78 Å². The number of Topliss-reactive ketones (excluding diaryl/α,β-unsaturated/α-hetero) is 1. The van der Waals surface area contributed by atoms with Gasteiger partial charge in [0.2, 0.25) is 0 Å². The zero-order valence-corrected chi connectivity index (χ0v) is 19.6. The predicted molar refractivity (Wildman–Crippen MR) is 124 cm³/mol. The summed E-state index contributed by atoms with van der Waals surface area (Å²) in [4.78, 5) is 17.8. The fraction of sp³-hybridized carbons (Fsp3) is 0.741. The molecule has 178 valence electrons. The standard InChI is InChI=1S/C27H36FN3O2/c1-26-9-6-20-19-7-10-27(33,16-28)12-17(19)2-3-21(20)22(26)4-5-23(26)25(32)15-31-24-14-29-11-8-18(24)13-30-31/h8,11,13-14,17,19-23,33H,2-7,9-10,12,15-16H2,1H3/t17-,19-,20+,21+,22-,23+,26-,27+/m0/s1. The Balaban J connectivity index is 1.19. The van der Waals surface area contributed by atoms with Crippen molar-refractivity contribution in [1.82, 2.24) is 14.8 Å². The van der Waals surface area contributed by atoms with E-state index >= 15 is 0 Å². The number of aromatic nitrogens is 3. The van der Waals surface area contributed by atoms with Crippen molar-refractivity contribution in [3.05, 3.63) is 24.7 Å². The number of carbonyl (C=O) groups is 1. The van der Waals surface area contributed by atoms with Crippen molar-refractivity contribution in [2.24, 2.45) is 40.9 Å². The van der Waals surface area contributed by atoms with Gasteiger partial charge in [-0.15, -0.1) is 0 Å². The molecule has 8 atom stereocenters. The Morgan fingerprint density at radius 2 is 1.97 bits per heavy atom. The van der Waals surface area contributed by atoms with E-state index in [0.29, 0.717) is 54.8 Å². The second-order valence-corrected chi connectivity index (χ2v) is 11.9. The Kier molecular flexibility index (Phi) is 5.17. The molecule has 0 saturated heterocycles. The topological polar surface area (TPSA) is 68.0 Å². The monoisotopic (exact) mass is 453 g/mol. The van der Waals surface area contributed by atoms with Crippen LogP contribution in [0.1, 0.15) is 64.7 Å². The number of ketones is 1. The Morgan fingerprint density at radius 1 is 1.12 bits per heavy atom. The van der Waals surface area contributed by atoms with Crippen molar-refractivity contribution in [1.29, 1.82) is 0 Å². The summed E-state index contributed by atoms with van der Waals surface area (Å²) in [5, 5.41) is 16.0. The fourth-order valence-electron chi connectivity index (χ4n) is 8.91. The first-order chi connectivity index (χ1) is 15.9. The molecule has 0 radical (unpaired) electrons. The molecule has 0 aromatic carbocycles. The van der Waals surface area contributed by atoms with E-state index in [1.54, 1.807) is 12.4 Å². The summed E-state index contributed by atoms with van der Waals surface area (Å²) in [7, 11) is 0.